The van der Waals surface area contributed by atoms with Crippen molar-refractivity contribution in [2.75, 3.05) is 50.6 Å². The lowest BCUT2D eigenvalue weighted by Gasteiger charge is -2.40. The quantitative estimate of drug-likeness (QED) is 0.816. The molecule has 1 aromatic rings. The largest absolute Gasteiger partial charge is 0.497 e. The van der Waals surface area contributed by atoms with Gasteiger partial charge in [0.15, 0.2) is 0 Å². The van der Waals surface area contributed by atoms with Gasteiger partial charge in [-0.2, -0.15) is 0 Å². The van der Waals surface area contributed by atoms with Crippen molar-refractivity contribution < 1.29 is 4.74 Å². The molecular formula is C14H21N3O. The molecule has 2 aliphatic heterocycles. The Morgan fingerprint density at radius 2 is 2.22 bits per heavy atom. The molecule has 1 atom stereocenters. The summed E-state index contributed by atoms with van der Waals surface area (Å²) in [6, 6.07) is 6.98. The van der Waals surface area contributed by atoms with E-state index in [-0.39, 0.29) is 0 Å². The average molecular weight is 247 g/mol. The maximum absolute atomic E-state index is 5.31. The molecule has 1 saturated heterocycles. The molecule has 0 bridgehead atoms. The molecule has 98 valence electrons. The lowest BCUT2D eigenvalue weighted by atomic mass is 10.1. The zero-order valence-electron chi connectivity index (χ0n) is 11.1. The van der Waals surface area contributed by atoms with Crippen LogP contribution in [0.5, 0.6) is 5.75 Å². The number of hydrogen-bond acceptors (Lipinski definition) is 4. The molecule has 1 aromatic carbocycles. The van der Waals surface area contributed by atoms with E-state index < -0.39 is 0 Å². The summed E-state index contributed by atoms with van der Waals surface area (Å²) < 4.78 is 5.31. The van der Waals surface area contributed by atoms with Crippen molar-refractivity contribution in [1.29, 1.82) is 0 Å². The van der Waals surface area contributed by atoms with Crippen LogP contribution < -0.4 is 15.0 Å². The van der Waals surface area contributed by atoms with Gasteiger partial charge < -0.3 is 19.9 Å². The standard InChI is InChI=1S/C14H21N3O/c1-16-7-8-17-11(10-16)5-6-15-13-9-12(18-2)3-4-14(13)17/h3-4,9,11,15H,5-8,10H2,1-2H3/t11-/m0/s1. The van der Waals surface area contributed by atoms with Gasteiger partial charge in [-0.1, -0.05) is 0 Å². The zero-order chi connectivity index (χ0) is 12.5. The number of rotatable bonds is 1. The Balaban J connectivity index is 1.94. The zero-order valence-corrected chi connectivity index (χ0v) is 11.1. The second-order valence-electron chi connectivity index (χ2n) is 5.21. The van der Waals surface area contributed by atoms with Crippen LogP contribution >= 0.6 is 0 Å². The highest BCUT2D eigenvalue weighted by Crippen LogP contribution is 2.35. The molecule has 0 aromatic heterocycles. The normalized spacial score (nSPS) is 23.7. The van der Waals surface area contributed by atoms with Gasteiger partial charge in [0.05, 0.1) is 18.5 Å². The first-order chi connectivity index (χ1) is 8.78. The number of piperazine rings is 1. The van der Waals surface area contributed by atoms with Crippen LogP contribution in [0.1, 0.15) is 6.42 Å². The molecule has 2 aliphatic rings. The molecule has 3 rings (SSSR count). The van der Waals surface area contributed by atoms with Crippen LogP contribution in [0.25, 0.3) is 0 Å². The SMILES string of the molecule is COc1ccc2c(c1)NCC[C@H]1CN(C)CCN21. The van der Waals surface area contributed by atoms with E-state index in [0.29, 0.717) is 6.04 Å². The maximum Gasteiger partial charge on any atom is 0.121 e. The van der Waals surface area contributed by atoms with Crippen LogP contribution in [0.3, 0.4) is 0 Å². The number of nitrogens with zero attached hydrogens (tertiary/aromatic N) is 2. The van der Waals surface area contributed by atoms with E-state index in [1.807, 2.05) is 0 Å². The van der Waals surface area contributed by atoms with Crippen molar-refractivity contribution in [1.82, 2.24) is 4.90 Å². The lowest BCUT2D eigenvalue weighted by molar-refractivity contribution is 0.264. The number of methoxy groups -OCH3 is 1. The van der Waals surface area contributed by atoms with Crippen molar-refractivity contribution in [3.05, 3.63) is 18.2 Å². The molecular weight excluding hydrogens is 226 g/mol. The summed E-state index contributed by atoms with van der Waals surface area (Å²) in [5.74, 6) is 0.925. The van der Waals surface area contributed by atoms with Crippen molar-refractivity contribution in [3.63, 3.8) is 0 Å². The smallest absolute Gasteiger partial charge is 0.121 e. The number of anilines is 2. The molecule has 1 fully saturated rings. The molecule has 2 heterocycles. The molecule has 0 unspecified atom stereocenters. The van der Waals surface area contributed by atoms with Crippen molar-refractivity contribution in [2.45, 2.75) is 12.5 Å². The average Bonchev–Trinajstić information content (AvgIpc) is 2.56. The first-order valence-electron chi connectivity index (χ1n) is 6.65. The minimum atomic E-state index is 0.630. The highest BCUT2D eigenvalue weighted by Gasteiger charge is 2.28. The third-order valence-electron chi connectivity index (χ3n) is 3.99. The third kappa shape index (κ3) is 2.01. The Bertz CT molecular complexity index is 435. The molecule has 1 N–H and O–H groups in total. The fraction of sp³-hybridized carbons (Fsp3) is 0.571. The van der Waals surface area contributed by atoms with Crippen LogP contribution in [0, 0.1) is 0 Å². The van der Waals surface area contributed by atoms with Crippen molar-refractivity contribution >= 4 is 11.4 Å². The Labute approximate surface area is 109 Å². The van der Waals surface area contributed by atoms with E-state index in [4.69, 9.17) is 4.74 Å². The van der Waals surface area contributed by atoms with E-state index in [2.05, 4.69) is 40.4 Å². The maximum atomic E-state index is 5.31. The molecule has 0 spiro atoms. The molecule has 0 amide bonds. The van der Waals surface area contributed by atoms with Crippen LogP contribution in [0.2, 0.25) is 0 Å². The first-order valence-corrected chi connectivity index (χ1v) is 6.65. The highest BCUT2D eigenvalue weighted by molar-refractivity contribution is 5.73. The van der Waals surface area contributed by atoms with E-state index >= 15 is 0 Å². The van der Waals surface area contributed by atoms with Gasteiger partial charge in [0.25, 0.3) is 0 Å². The van der Waals surface area contributed by atoms with Gasteiger partial charge in [0, 0.05) is 38.3 Å². The second kappa shape index (κ2) is 4.69. The summed E-state index contributed by atoms with van der Waals surface area (Å²) in [6.45, 7) is 4.45. The van der Waals surface area contributed by atoms with Gasteiger partial charge in [0.1, 0.15) is 5.75 Å². The number of hydrogen-bond donors (Lipinski definition) is 1. The summed E-state index contributed by atoms with van der Waals surface area (Å²) in [6.07, 6.45) is 1.20. The fourth-order valence-electron chi connectivity index (χ4n) is 2.98. The second-order valence-corrected chi connectivity index (χ2v) is 5.21. The van der Waals surface area contributed by atoms with Crippen LogP contribution in [-0.2, 0) is 0 Å². The first kappa shape index (κ1) is 11.7. The summed E-state index contributed by atoms with van der Waals surface area (Å²) in [4.78, 5) is 4.98. The summed E-state index contributed by atoms with van der Waals surface area (Å²) in [5, 5.41) is 3.53. The van der Waals surface area contributed by atoms with Gasteiger partial charge in [-0.3, -0.25) is 0 Å². The fourth-order valence-corrected chi connectivity index (χ4v) is 2.98. The van der Waals surface area contributed by atoms with Crippen LogP contribution in [-0.4, -0.2) is 51.3 Å². The van der Waals surface area contributed by atoms with Crippen molar-refractivity contribution in [3.8, 4) is 5.75 Å². The Morgan fingerprint density at radius 1 is 1.33 bits per heavy atom. The highest BCUT2D eigenvalue weighted by atomic mass is 16.5. The minimum absolute atomic E-state index is 0.630. The number of fused-ring (bicyclic) bond motifs is 3. The molecule has 18 heavy (non-hydrogen) atoms. The predicted octanol–water partition coefficient (Wildman–Crippen LogP) is 1.63. The van der Waals surface area contributed by atoms with Crippen LogP contribution in [0.4, 0.5) is 11.4 Å². The van der Waals surface area contributed by atoms with E-state index in [9.17, 15) is 0 Å². The van der Waals surface area contributed by atoms with E-state index in [1.165, 1.54) is 17.8 Å². The Hall–Kier alpha value is -1.42. The van der Waals surface area contributed by atoms with Gasteiger partial charge in [0.2, 0.25) is 0 Å². The molecule has 4 heteroatoms. The van der Waals surface area contributed by atoms with E-state index in [0.717, 1.165) is 31.9 Å². The topological polar surface area (TPSA) is 27.7 Å². The molecule has 0 aliphatic carbocycles. The van der Waals surface area contributed by atoms with Crippen molar-refractivity contribution in [2.24, 2.45) is 0 Å². The van der Waals surface area contributed by atoms with Gasteiger partial charge >= 0.3 is 0 Å². The summed E-state index contributed by atoms with van der Waals surface area (Å²) in [5.41, 5.74) is 2.54. The monoisotopic (exact) mass is 247 g/mol. The molecule has 4 nitrogen and oxygen atoms in total. The summed E-state index contributed by atoms with van der Waals surface area (Å²) in [7, 11) is 3.93. The molecule has 0 radical (unpaired) electrons. The Morgan fingerprint density at radius 3 is 3.06 bits per heavy atom. The summed E-state index contributed by atoms with van der Waals surface area (Å²) >= 11 is 0. The van der Waals surface area contributed by atoms with Gasteiger partial charge in [-0.05, 0) is 25.6 Å². The van der Waals surface area contributed by atoms with Crippen LogP contribution in [0.15, 0.2) is 18.2 Å². The van der Waals surface area contributed by atoms with E-state index in [1.54, 1.807) is 7.11 Å². The Kier molecular flexibility index (Phi) is 3.04. The minimum Gasteiger partial charge on any atom is -0.497 e. The molecule has 0 saturated carbocycles. The number of ether oxygens (including phenoxy) is 1. The number of nitrogens with one attached hydrogen (secondary N) is 1. The predicted molar refractivity (Wildman–Crippen MR) is 74.7 cm³/mol. The lowest BCUT2D eigenvalue weighted by Crippen LogP contribution is -2.51. The number of likely N-dealkylation sites (N-methyl/N-ethyl adjacent to an activating group) is 1. The van der Waals surface area contributed by atoms with Gasteiger partial charge in [-0.25, -0.2) is 0 Å². The number of benzene rings is 1. The third-order valence-corrected chi connectivity index (χ3v) is 3.99. The van der Waals surface area contributed by atoms with Gasteiger partial charge in [-0.15, -0.1) is 0 Å².